The number of aromatic carboxylic acids is 1. The average molecular weight is 336 g/mol. The van der Waals surface area contributed by atoms with Gasteiger partial charge in [0.05, 0.1) is 9.30 Å². The lowest BCUT2D eigenvalue weighted by Gasteiger charge is -2.07. The third-order valence-corrected chi connectivity index (χ3v) is 2.82. The highest BCUT2D eigenvalue weighted by molar-refractivity contribution is 9.24. The van der Waals surface area contributed by atoms with Crippen molar-refractivity contribution >= 4 is 37.8 Å². The Hall–Kier alpha value is -0.350. The van der Waals surface area contributed by atoms with E-state index in [0.717, 1.165) is 24.0 Å². The van der Waals surface area contributed by atoms with Gasteiger partial charge in [-0.05, 0) is 30.0 Å². The first-order valence-electron chi connectivity index (χ1n) is 4.67. The Labute approximate surface area is 106 Å². The minimum atomic E-state index is -0.854. The van der Waals surface area contributed by atoms with Gasteiger partial charge in [-0.15, -0.1) is 0 Å². The highest BCUT2D eigenvalue weighted by Gasteiger charge is 2.10. The van der Waals surface area contributed by atoms with Gasteiger partial charge in [0.2, 0.25) is 0 Å². The van der Waals surface area contributed by atoms with Crippen molar-refractivity contribution in [1.29, 1.82) is 0 Å². The van der Waals surface area contributed by atoms with Gasteiger partial charge in [-0.1, -0.05) is 50.9 Å². The number of halogens is 2. The van der Waals surface area contributed by atoms with Gasteiger partial charge in [-0.3, -0.25) is 0 Å². The lowest BCUT2D eigenvalue weighted by molar-refractivity contribution is 0.0695. The maximum absolute atomic E-state index is 10.9. The molecule has 0 aliphatic carbocycles. The molecule has 0 saturated carbocycles. The van der Waals surface area contributed by atoms with E-state index in [1.54, 1.807) is 6.07 Å². The molecule has 82 valence electrons. The molecule has 1 aromatic rings. The van der Waals surface area contributed by atoms with Crippen LogP contribution in [0, 0.1) is 0 Å². The van der Waals surface area contributed by atoms with Crippen molar-refractivity contribution in [2.75, 3.05) is 0 Å². The average Bonchev–Trinajstić information content (AvgIpc) is 2.16. The summed E-state index contributed by atoms with van der Waals surface area (Å²) < 4.78 is 0.227. The quantitative estimate of drug-likeness (QED) is 0.853. The molecule has 0 unspecified atom stereocenters. The predicted octanol–water partition coefficient (Wildman–Crippen LogP) is 3.61. The van der Waals surface area contributed by atoms with Gasteiger partial charge in [0.1, 0.15) is 0 Å². The van der Waals surface area contributed by atoms with E-state index in [-0.39, 0.29) is 3.74 Å². The van der Waals surface area contributed by atoms with E-state index in [1.807, 2.05) is 19.1 Å². The topological polar surface area (TPSA) is 37.3 Å². The molecule has 0 saturated heterocycles. The fraction of sp³-hybridized carbons (Fsp3) is 0.364. The van der Waals surface area contributed by atoms with Gasteiger partial charge in [-0.2, -0.15) is 0 Å². The molecule has 15 heavy (non-hydrogen) atoms. The van der Waals surface area contributed by atoms with Crippen LogP contribution in [0.2, 0.25) is 0 Å². The summed E-state index contributed by atoms with van der Waals surface area (Å²) in [5.74, 6) is -0.854. The van der Waals surface area contributed by atoms with Crippen molar-refractivity contribution < 1.29 is 9.90 Å². The van der Waals surface area contributed by atoms with E-state index in [4.69, 9.17) is 5.11 Å². The molecule has 0 aliphatic heterocycles. The summed E-state index contributed by atoms with van der Waals surface area (Å²) in [5, 5.41) is 8.95. The second-order valence-corrected chi connectivity index (χ2v) is 6.68. The van der Waals surface area contributed by atoms with Crippen LogP contribution < -0.4 is 0 Å². The highest BCUT2D eigenvalue weighted by atomic mass is 79.9. The molecule has 0 aromatic heterocycles. The fourth-order valence-corrected chi connectivity index (χ4v) is 2.20. The van der Waals surface area contributed by atoms with Crippen LogP contribution in [0.1, 0.15) is 28.4 Å². The molecule has 2 nitrogen and oxygen atoms in total. The SMILES string of the molecule is CCc1cc(CC(Br)Br)ccc1C(=O)O. The molecule has 1 N–H and O–H groups in total. The van der Waals surface area contributed by atoms with Crippen molar-refractivity contribution in [3.63, 3.8) is 0 Å². The maximum Gasteiger partial charge on any atom is 0.335 e. The molecular weight excluding hydrogens is 324 g/mol. The predicted molar refractivity (Wildman–Crippen MR) is 68.1 cm³/mol. The van der Waals surface area contributed by atoms with Crippen molar-refractivity contribution in [3.8, 4) is 0 Å². The lowest BCUT2D eigenvalue weighted by atomic mass is 10.0. The summed E-state index contributed by atoms with van der Waals surface area (Å²) in [5.41, 5.74) is 2.43. The van der Waals surface area contributed by atoms with Crippen molar-refractivity contribution in [3.05, 3.63) is 34.9 Å². The summed E-state index contributed by atoms with van der Waals surface area (Å²) >= 11 is 6.81. The van der Waals surface area contributed by atoms with Crippen LogP contribution in [0.5, 0.6) is 0 Å². The Bertz CT molecular complexity index is 362. The standard InChI is InChI=1S/C11H12Br2O2/c1-2-8-5-7(6-10(12)13)3-4-9(8)11(14)15/h3-5,10H,2,6H2,1H3,(H,14,15). The smallest absolute Gasteiger partial charge is 0.335 e. The van der Waals surface area contributed by atoms with Crippen LogP contribution in [-0.2, 0) is 12.8 Å². The van der Waals surface area contributed by atoms with Crippen LogP contribution in [0.15, 0.2) is 18.2 Å². The number of benzene rings is 1. The van der Waals surface area contributed by atoms with Gasteiger partial charge in [0, 0.05) is 0 Å². The van der Waals surface area contributed by atoms with Crippen LogP contribution >= 0.6 is 31.9 Å². The molecule has 1 rings (SSSR count). The number of alkyl halides is 2. The zero-order valence-corrected chi connectivity index (χ0v) is 11.5. The molecule has 0 aliphatic rings. The normalized spacial score (nSPS) is 10.7. The first kappa shape index (κ1) is 12.7. The van der Waals surface area contributed by atoms with E-state index in [9.17, 15) is 4.79 Å². The van der Waals surface area contributed by atoms with E-state index in [2.05, 4.69) is 31.9 Å². The number of carboxylic acids is 1. The van der Waals surface area contributed by atoms with Crippen molar-refractivity contribution in [1.82, 2.24) is 0 Å². The zero-order chi connectivity index (χ0) is 11.4. The van der Waals surface area contributed by atoms with Crippen LogP contribution in [-0.4, -0.2) is 14.8 Å². The summed E-state index contributed by atoms with van der Waals surface area (Å²) in [6.45, 7) is 1.96. The number of hydrogen-bond donors (Lipinski definition) is 1. The number of hydrogen-bond acceptors (Lipinski definition) is 1. The molecule has 0 spiro atoms. The Morgan fingerprint density at radius 2 is 2.13 bits per heavy atom. The van der Waals surface area contributed by atoms with Gasteiger partial charge >= 0.3 is 5.97 Å². The van der Waals surface area contributed by atoms with Gasteiger partial charge in [0.25, 0.3) is 0 Å². The van der Waals surface area contributed by atoms with Gasteiger partial charge in [0.15, 0.2) is 0 Å². The molecule has 4 heteroatoms. The zero-order valence-electron chi connectivity index (χ0n) is 8.34. The Balaban J connectivity index is 3.02. The molecule has 0 radical (unpaired) electrons. The number of carbonyl (C=O) groups is 1. The number of aryl methyl sites for hydroxylation is 1. The van der Waals surface area contributed by atoms with Crippen LogP contribution in [0.25, 0.3) is 0 Å². The summed E-state index contributed by atoms with van der Waals surface area (Å²) in [7, 11) is 0. The van der Waals surface area contributed by atoms with Gasteiger partial charge in [-0.25, -0.2) is 4.79 Å². The van der Waals surface area contributed by atoms with Gasteiger partial charge < -0.3 is 5.11 Å². The van der Waals surface area contributed by atoms with Crippen LogP contribution in [0.3, 0.4) is 0 Å². The largest absolute Gasteiger partial charge is 0.478 e. The molecule has 1 aromatic carbocycles. The third kappa shape index (κ3) is 3.61. The lowest BCUT2D eigenvalue weighted by Crippen LogP contribution is -2.03. The second-order valence-electron chi connectivity index (χ2n) is 3.25. The minimum Gasteiger partial charge on any atom is -0.478 e. The third-order valence-electron chi connectivity index (χ3n) is 2.17. The summed E-state index contributed by atoms with van der Waals surface area (Å²) in [6.07, 6.45) is 1.58. The summed E-state index contributed by atoms with van der Waals surface area (Å²) in [6, 6.07) is 5.50. The molecule has 0 fully saturated rings. The second kappa shape index (κ2) is 5.66. The highest BCUT2D eigenvalue weighted by Crippen LogP contribution is 2.19. The fourth-order valence-electron chi connectivity index (χ4n) is 1.45. The number of rotatable bonds is 4. The molecular formula is C11H12Br2O2. The Morgan fingerprint density at radius 3 is 2.60 bits per heavy atom. The molecule has 0 amide bonds. The van der Waals surface area contributed by atoms with E-state index >= 15 is 0 Å². The van der Waals surface area contributed by atoms with E-state index in [1.165, 1.54) is 0 Å². The van der Waals surface area contributed by atoms with E-state index < -0.39 is 5.97 Å². The molecule has 0 heterocycles. The molecule has 0 bridgehead atoms. The summed E-state index contributed by atoms with van der Waals surface area (Å²) in [4.78, 5) is 10.9. The number of carboxylic acid groups (broad SMARTS) is 1. The molecule has 0 atom stereocenters. The Kier molecular flexibility index (Phi) is 4.80. The van der Waals surface area contributed by atoms with Crippen molar-refractivity contribution in [2.45, 2.75) is 23.5 Å². The van der Waals surface area contributed by atoms with Crippen molar-refractivity contribution in [2.24, 2.45) is 0 Å². The first-order chi connectivity index (χ1) is 7.04. The first-order valence-corrected chi connectivity index (χ1v) is 6.51. The van der Waals surface area contributed by atoms with E-state index in [0.29, 0.717) is 5.56 Å². The maximum atomic E-state index is 10.9. The Morgan fingerprint density at radius 1 is 1.47 bits per heavy atom. The monoisotopic (exact) mass is 334 g/mol. The minimum absolute atomic E-state index is 0.227. The van der Waals surface area contributed by atoms with Crippen LogP contribution in [0.4, 0.5) is 0 Å².